The average molecular weight is 281 g/mol. The van der Waals surface area contributed by atoms with Crippen LogP contribution in [0.25, 0.3) is 0 Å². The highest BCUT2D eigenvalue weighted by Gasteiger charge is 2.22. The molecule has 0 saturated carbocycles. The molecule has 100 valence electrons. The molecule has 2 aromatic rings. The number of carbonyl (C=O) groups is 1. The number of furan rings is 1. The zero-order chi connectivity index (χ0) is 13.8. The summed E-state index contributed by atoms with van der Waals surface area (Å²) >= 11 is 6.02. The quantitative estimate of drug-likeness (QED) is 0.912. The summed E-state index contributed by atoms with van der Waals surface area (Å²) in [6, 6.07) is 8.46. The molecule has 0 fully saturated rings. The zero-order valence-electron chi connectivity index (χ0n) is 10.3. The smallest absolute Gasteiger partial charge is 0.311 e. The van der Waals surface area contributed by atoms with Gasteiger partial charge in [-0.15, -0.1) is 0 Å². The maximum absolute atomic E-state index is 11.4. The second-order valence-electron chi connectivity index (χ2n) is 4.07. The summed E-state index contributed by atoms with van der Waals surface area (Å²) in [4.78, 5) is 11.4. The van der Waals surface area contributed by atoms with Crippen molar-refractivity contribution in [1.82, 2.24) is 0 Å². The predicted molar refractivity (Wildman–Crippen MR) is 70.8 cm³/mol. The summed E-state index contributed by atoms with van der Waals surface area (Å²) in [5.74, 6) is -0.473. The summed E-state index contributed by atoms with van der Waals surface area (Å²) in [5, 5.41) is 9.72. The van der Waals surface area contributed by atoms with Crippen molar-refractivity contribution in [2.75, 3.05) is 7.11 Å². The van der Waals surface area contributed by atoms with Gasteiger partial charge >= 0.3 is 5.97 Å². The molecule has 2 rings (SSSR count). The van der Waals surface area contributed by atoms with Crippen LogP contribution in [-0.4, -0.2) is 18.2 Å². The monoisotopic (exact) mass is 280 g/mol. The van der Waals surface area contributed by atoms with E-state index in [0.717, 1.165) is 0 Å². The van der Waals surface area contributed by atoms with Crippen molar-refractivity contribution in [3.05, 3.63) is 52.9 Å². The van der Waals surface area contributed by atoms with E-state index in [1.54, 1.807) is 30.3 Å². The number of rotatable bonds is 5. The Morgan fingerprint density at radius 1 is 1.47 bits per heavy atom. The number of aliphatic carboxylic acids is 1. The molecule has 4 nitrogen and oxygen atoms in total. The zero-order valence-corrected chi connectivity index (χ0v) is 11.1. The summed E-state index contributed by atoms with van der Waals surface area (Å²) < 4.78 is 10.2. The van der Waals surface area contributed by atoms with Crippen LogP contribution in [0.3, 0.4) is 0 Å². The van der Waals surface area contributed by atoms with Crippen molar-refractivity contribution in [3.63, 3.8) is 0 Å². The van der Waals surface area contributed by atoms with Gasteiger partial charge in [0.05, 0.1) is 24.3 Å². The molecule has 5 heteroatoms. The number of ether oxygens (including phenoxy) is 1. The summed E-state index contributed by atoms with van der Waals surface area (Å²) in [7, 11) is 1.51. The van der Waals surface area contributed by atoms with E-state index in [0.29, 0.717) is 22.1 Å². The van der Waals surface area contributed by atoms with Crippen LogP contribution in [0.4, 0.5) is 0 Å². The lowest BCUT2D eigenvalue weighted by molar-refractivity contribution is -0.138. The van der Waals surface area contributed by atoms with Gasteiger partial charge in [0, 0.05) is 6.42 Å². The van der Waals surface area contributed by atoms with E-state index in [4.69, 9.17) is 20.8 Å². The molecule has 1 aromatic carbocycles. The van der Waals surface area contributed by atoms with E-state index in [2.05, 4.69) is 0 Å². The Hall–Kier alpha value is -1.94. The molecule has 0 aliphatic heterocycles. The third kappa shape index (κ3) is 3.09. The second kappa shape index (κ2) is 5.80. The van der Waals surface area contributed by atoms with Crippen LogP contribution in [0.15, 0.2) is 41.0 Å². The lowest BCUT2D eigenvalue weighted by Gasteiger charge is -2.13. The first kappa shape index (κ1) is 13.5. The van der Waals surface area contributed by atoms with Crippen molar-refractivity contribution in [2.45, 2.75) is 12.3 Å². The minimum atomic E-state index is -0.919. The molecule has 0 bridgehead atoms. The van der Waals surface area contributed by atoms with Gasteiger partial charge in [-0.25, -0.2) is 0 Å². The van der Waals surface area contributed by atoms with E-state index in [1.807, 2.05) is 0 Å². The number of methoxy groups -OCH3 is 1. The fraction of sp³-hybridized carbons (Fsp3) is 0.214. The van der Waals surface area contributed by atoms with E-state index in [1.165, 1.54) is 13.4 Å². The van der Waals surface area contributed by atoms with E-state index in [-0.39, 0.29) is 6.42 Å². The van der Waals surface area contributed by atoms with E-state index >= 15 is 0 Å². The van der Waals surface area contributed by atoms with Crippen LogP contribution in [-0.2, 0) is 11.2 Å². The van der Waals surface area contributed by atoms with Crippen LogP contribution in [0.1, 0.15) is 17.2 Å². The van der Waals surface area contributed by atoms with Crippen molar-refractivity contribution >= 4 is 17.6 Å². The number of benzene rings is 1. The summed E-state index contributed by atoms with van der Waals surface area (Å²) in [6.07, 6.45) is 1.81. The molecule has 1 N–H and O–H groups in total. The molecule has 19 heavy (non-hydrogen) atoms. The highest BCUT2D eigenvalue weighted by atomic mass is 35.5. The minimum absolute atomic E-state index is 0.283. The average Bonchev–Trinajstić information content (AvgIpc) is 2.88. The number of hydrogen-bond acceptors (Lipinski definition) is 3. The van der Waals surface area contributed by atoms with E-state index < -0.39 is 11.9 Å². The van der Waals surface area contributed by atoms with Gasteiger partial charge in [-0.1, -0.05) is 17.7 Å². The number of halogens is 1. The molecule has 1 unspecified atom stereocenters. The van der Waals surface area contributed by atoms with Gasteiger partial charge in [-0.2, -0.15) is 0 Å². The molecular weight excluding hydrogens is 268 g/mol. The number of carboxylic acid groups (broad SMARTS) is 1. The Balaban J connectivity index is 2.29. The first-order valence-electron chi connectivity index (χ1n) is 5.70. The van der Waals surface area contributed by atoms with Gasteiger partial charge in [0.1, 0.15) is 11.5 Å². The minimum Gasteiger partial charge on any atom is -0.495 e. The van der Waals surface area contributed by atoms with Gasteiger partial charge in [0.2, 0.25) is 0 Å². The Kier molecular flexibility index (Phi) is 4.12. The largest absolute Gasteiger partial charge is 0.495 e. The summed E-state index contributed by atoms with van der Waals surface area (Å²) in [6.45, 7) is 0. The van der Waals surface area contributed by atoms with Crippen LogP contribution < -0.4 is 4.74 Å². The molecule has 0 amide bonds. The first-order chi connectivity index (χ1) is 9.11. The molecule has 0 radical (unpaired) electrons. The third-order valence-corrected chi connectivity index (χ3v) is 3.16. The normalized spacial score (nSPS) is 12.1. The second-order valence-corrected chi connectivity index (χ2v) is 4.48. The maximum atomic E-state index is 11.4. The number of hydrogen-bond donors (Lipinski definition) is 1. The van der Waals surface area contributed by atoms with Gasteiger partial charge in [-0.05, 0) is 29.8 Å². The summed E-state index contributed by atoms with van der Waals surface area (Å²) in [5.41, 5.74) is 0.620. The van der Waals surface area contributed by atoms with Crippen LogP contribution in [0, 0.1) is 0 Å². The molecule has 0 aliphatic carbocycles. The molecule has 1 atom stereocenters. The standard InChI is InChI=1S/C14H13ClO4/c1-18-13-5-4-9(7-12(13)15)11(14(16)17)8-10-3-2-6-19-10/h2-7,11H,8H2,1H3,(H,16,17). The fourth-order valence-corrected chi connectivity index (χ4v) is 2.14. The third-order valence-electron chi connectivity index (χ3n) is 2.86. The molecular formula is C14H13ClO4. The lowest BCUT2D eigenvalue weighted by Crippen LogP contribution is -2.14. The van der Waals surface area contributed by atoms with Gasteiger partial charge in [0.15, 0.2) is 0 Å². The van der Waals surface area contributed by atoms with Crippen molar-refractivity contribution < 1.29 is 19.1 Å². The topological polar surface area (TPSA) is 59.7 Å². The molecule has 0 saturated heterocycles. The van der Waals surface area contributed by atoms with Crippen molar-refractivity contribution in [2.24, 2.45) is 0 Å². The Morgan fingerprint density at radius 3 is 2.79 bits per heavy atom. The first-order valence-corrected chi connectivity index (χ1v) is 6.08. The molecule has 0 aliphatic rings. The van der Waals surface area contributed by atoms with Crippen LogP contribution in [0.5, 0.6) is 5.75 Å². The Labute approximate surface area is 115 Å². The lowest BCUT2D eigenvalue weighted by atomic mass is 9.94. The van der Waals surface area contributed by atoms with Crippen molar-refractivity contribution in [3.8, 4) is 5.75 Å². The predicted octanol–water partition coefficient (Wildman–Crippen LogP) is 3.35. The molecule has 0 spiro atoms. The van der Waals surface area contributed by atoms with Gasteiger partial charge in [-0.3, -0.25) is 4.79 Å². The Bertz CT molecular complexity index is 563. The molecule has 1 aromatic heterocycles. The Morgan fingerprint density at radius 2 is 2.26 bits per heavy atom. The number of carboxylic acids is 1. The van der Waals surface area contributed by atoms with E-state index in [9.17, 15) is 9.90 Å². The van der Waals surface area contributed by atoms with Gasteiger partial charge in [0.25, 0.3) is 0 Å². The van der Waals surface area contributed by atoms with Crippen LogP contribution in [0.2, 0.25) is 5.02 Å². The van der Waals surface area contributed by atoms with Gasteiger partial charge < -0.3 is 14.3 Å². The maximum Gasteiger partial charge on any atom is 0.311 e. The highest BCUT2D eigenvalue weighted by Crippen LogP contribution is 2.30. The van der Waals surface area contributed by atoms with Crippen LogP contribution >= 0.6 is 11.6 Å². The van der Waals surface area contributed by atoms with Crippen molar-refractivity contribution in [1.29, 1.82) is 0 Å². The highest BCUT2D eigenvalue weighted by molar-refractivity contribution is 6.32. The molecule has 1 heterocycles. The SMILES string of the molecule is COc1ccc(C(Cc2ccco2)C(=O)O)cc1Cl. The fourth-order valence-electron chi connectivity index (χ4n) is 1.88.